The van der Waals surface area contributed by atoms with E-state index in [1.807, 2.05) is 13.8 Å². The van der Waals surface area contributed by atoms with Crippen molar-refractivity contribution in [2.24, 2.45) is 4.99 Å². The quantitative estimate of drug-likeness (QED) is 0.256. The maximum atomic E-state index is 12.4. The van der Waals surface area contributed by atoms with E-state index in [2.05, 4.69) is 25.3 Å². The summed E-state index contributed by atoms with van der Waals surface area (Å²) < 4.78 is 38.5. The van der Waals surface area contributed by atoms with Crippen molar-refractivity contribution in [3.05, 3.63) is 47.2 Å². The van der Waals surface area contributed by atoms with Crippen molar-refractivity contribution >= 4 is 40.0 Å². The Bertz CT molecular complexity index is 950. The second-order valence-electron chi connectivity index (χ2n) is 7.16. The van der Waals surface area contributed by atoms with Crippen LogP contribution in [0.25, 0.3) is 0 Å². The summed E-state index contributed by atoms with van der Waals surface area (Å²) in [7, 11) is -1.87. The molecule has 2 heterocycles. The first kappa shape index (κ1) is 25.6. The SMILES string of the molecule is CN=C(NCc1ccc(S(=O)(=O)NCC2CCCO2)cc1)NCc1nc(C)c(C)o1.I. The van der Waals surface area contributed by atoms with E-state index in [9.17, 15) is 8.42 Å². The van der Waals surface area contributed by atoms with Gasteiger partial charge in [-0.3, -0.25) is 4.99 Å². The van der Waals surface area contributed by atoms with Crippen molar-refractivity contribution in [3.63, 3.8) is 0 Å². The molecule has 172 valence electrons. The highest BCUT2D eigenvalue weighted by Crippen LogP contribution is 2.14. The Labute approximate surface area is 200 Å². The van der Waals surface area contributed by atoms with E-state index in [1.54, 1.807) is 31.3 Å². The van der Waals surface area contributed by atoms with Crippen LogP contribution >= 0.6 is 24.0 Å². The van der Waals surface area contributed by atoms with Gasteiger partial charge in [0.2, 0.25) is 15.9 Å². The highest BCUT2D eigenvalue weighted by atomic mass is 127. The molecule has 1 aromatic carbocycles. The van der Waals surface area contributed by atoms with Gasteiger partial charge in [0.1, 0.15) is 5.76 Å². The molecule has 0 aliphatic carbocycles. The van der Waals surface area contributed by atoms with Crippen molar-refractivity contribution in [1.82, 2.24) is 20.3 Å². The third kappa shape index (κ3) is 7.44. The van der Waals surface area contributed by atoms with Gasteiger partial charge in [-0.15, -0.1) is 24.0 Å². The maximum absolute atomic E-state index is 12.4. The molecule has 9 nitrogen and oxygen atoms in total. The third-order valence-corrected chi connectivity index (χ3v) is 6.36. The molecule has 11 heteroatoms. The average molecular weight is 563 g/mol. The van der Waals surface area contributed by atoms with Gasteiger partial charge in [-0.25, -0.2) is 18.1 Å². The van der Waals surface area contributed by atoms with Gasteiger partial charge in [-0.05, 0) is 44.4 Å². The number of aliphatic imine (C=N–C) groups is 1. The molecule has 1 aliphatic rings. The van der Waals surface area contributed by atoms with Gasteiger partial charge in [-0.2, -0.15) is 0 Å². The minimum atomic E-state index is -3.55. The summed E-state index contributed by atoms with van der Waals surface area (Å²) in [6, 6.07) is 6.76. The molecule has 0 spiro atoms. The summed E-state index contributed by atoms with van der Waals surface area (Å²) in [4.78, 5) is 8.74. The molecule has 31 heavy (non-hydrogen) atoms. The number of sulfonamides is 1. The Morgan fingerprint density at radius 3 is 2.48 bits per heavy atom. The van der Waals surface area contributed by atoms with Gasteiger partial charge < -0.3 is 19.8 Å². The molecule has 1 aliphatic heterocycles. The second-order valence-corrected chi connectivity index (χ2v) is 8.93. The van der Waals surface area contributed by atoms with Crippen LogP contribution in [0.3, 0.4) is 0 Å². The number of rotatable bonds is 8. The number of oxazole rings is 1. The van der Waals surface area contributed by atoms with Crippen LogP contribution in [0.2, 0.25) is 0 Å². The zero-order valence-corrected chi connectivity index (χ0v) is 21.1. The molecule has 0 amide bonds. The fourth-order valence-electron chi connectivity index (χ4n) is 3.06. The number of ether oxygens (including phenoxy) is 1. The first-order valence-electron chi connectivity index (χ1n) is 9.95. The molecule has 1 saturated heterocycles. The first-order chi connectivity index (χ1) is 14.4. The van der Waals surface area contributed by atoms with Crippen molar-refractivity contribution in [1.29, 1.82) is 0 Å². The zero-order valence-electron chi connectivity index (χ0n) is 18.0. The van der Waals surface area contributed by atoms with E-state index in [1.165, 1.54) is 0 Å². The number of guanidine groups is 1. The van der Waals surface area contributed by atoms with Gasteiger partial charge in [0.05, 0.1) is 23.2 Å². The maximum Gasteiger partial charge on any atom is 0.240 e. The van der Waals surface area contributed by atoms with Crippen LogP contribution in [0, 0.1) is 13.8 Å². The predicted octanol–water partition coefficient (Wildman–Crippen LogP) is 2.23. The zero-order chi connectivity index (χ0) is 21.6. The number of aryl methyl sites for hydroxylation is 2. The number of benzene rings is 1. The van der Waals surface area contributed by atoms with Crippen LogP contribution in [0.15, 0.2) is 38.6 Å². The molecule has 2 aromatic rings. The minimum absolute atomic E-state index is 0. The summed E-state index contributed by atoms with van der Waals surface area (Å²) >= 11 is 0. The molecule has 1 aromatic heterocycles. The van der Waals surface area contributed by atoms with E-state index in [-0.39, 0.29) is 35.0 Å². The molecular weight excluding hydrogens is 533 g/mol. The van der Waals surface area contributed by atoms with Crippen molar-refractivity contribution in [2.45, 2.75) is 50.8 Å². The fraction of sp³-hybridized carbons (Fsp3) is 0.500. The van der Waals surface area contributed by atoms with E-state index >= 15 is 0 Å². The Balaban J connectivity index is 0.00000341. The van der Waals surface area contributed by atoms with E-state index in [0.717, 1.165) is 29.9 Å². The number of nitrogens with zero attached hydrogens (tertiary/aromatic N) is 2. The Hall–Kier alpha value is -1.70. The summed E-state index contributed by atoms with van der Waals surface area (Å²) in [5.74, 6) is 1.99. The third-order valence-electron chi connectivity index (χ3n) is 4.92. The first-order valence-corrected chi connectivity index (χ1v) is 11.4. The van der Waals surface area contributed by atoms with Crippen LogP contribution in [-0.4, -0.2) is 45.7 Å². The van der Waals surface area contributed by atoms with Crippen LogP contribution in [-0.2, 0) is 27.8 Å². The summed E-state index contributed by atoms with van der Waals surface area (Å²) in [6.45, 7) is 5.69. The fourth-order valence-corrected chi connectivity index (χ4v) is 4.12. The number of aromatic nitrogens is 1. The molecular formula is C20H30IN5O4S. The lowest BCUT2D eigenvalue weighted by molar-refractivity contribution is 0.114. The Morgan fingerprint density at radius 2 is 1.90 bits per heavy atom. The van der Waals surface area contributed by atoms with Crippen LogP contribution < -0.4 is 15.4 Å². The largest absolute Gasteiger partial charge is 0.444 e. The van der Waals surface area contributed by atoms with Crippen molar-refractivity contribution in [2.75, 3.05) is 20.2 Å². The van der Waals surface area contributed by atoms with Crippen molar-refractivity contribution in [3.8, 4) is 0 Å². The van der Waals surface area contributed by atoms with Gasteiger partial charge in [0.15, 0.2) is 5.96 Å². The van der Waals surface area contributed by atoms with Gasteiger partial charge in [0, 0.05) is 26.7 Å². The molecule has 0 bridgehead atoms. The lowest BCUT2D eigenvalue weighted by Crippen LogP contribution is -2.36. The van der Waals surface area contributed by atoms with E-state index in [0.29, 0.717) is 38.1 Å². The molecule has 0 saturated carbocycles. The summed E-state index contributed by atoms with van der Waals surface area (Å²) in [5.41, 5.74) is 1.80. The number of hydrogen-bond donors (Lipinski definition) is 3. The molecule has 1 atom stereocenters. The van der Waals surface area contributed by atoms with Crippen molar-refractivity contribution < 1.29 is 17.6 Å². The normalized spacial score (nSPS) is 16.7. The highest BCUT2D eigenvalue weighted by Gasteiger charge is 2.20. The lowest BCUT2D eigenvalue weighted by atomic mass is 10.2. The lowest BCUT2D eigenvalue weighted by Gasteiger charge is -2.13. The second kappa shape index (κ2) is 11.8. The smallest absolute Gasteiger partial charge is 0.240 e. The monoisotopic (exact) mass is 563 g/mol. The highest BCUT2D eigenvalue weighted by molar-refractivity contribution is 14.0. The molecule has 1 fully saturated rings. The molecule has 1 unspecified atom stereocenters. The summed E-state index contributed by atoms with van der Waals surface area (Å²) in [6.07, 6.45) is 1.83. The van der Waals surface area contributed by atoms with E-state index < -0.39 is 10.0 Å². The van der Waals surface area contributed by atoms with Crippen LogP contribution in [0.5, 0.6) is 0 Å². The average Bonchev–Trinajstić information content (AvgIpc) is 3.37. The topological polar surface area (TPSA) is 118 Å². The van der Waals surface area contributed by atoms with E-state index in [4.69, 9.17) is 9.15 Å². The number of nitrogens with one attached hydrogen (secondary N) is 3. The van der Waals surface area contributed by atoms with Gasteiger partial charge in [0.25, 0.3) is 0 Å². The molecule has 3 rings (SSSR count). The standard InChI is InChI=1S/C20H29N5O4S.HI/c1-14-15(2)29-19(25-14)13-23-20(21-3)22-11-16-6-8-18(9-7-16)30(26,27)24-12-17-5-4-10-28-17;/h6-9,17,24H,4-5,10-13H2,1-3H3,(H2,21,22,23);1H. The molecule has 0 radical (unpaired) electrons. The molecule has 3 N–H and O–H groups in total. The predicted molar refractivity (Wildman–Crippen MR) is 129 cm³/mol. The number of halogens is 1. The summed E-state index contributed by atoms with van der Waals surface area (Å²) in [5, 5.41) is 6.33. The minimum Gasteiger partial charge on any atom is -0.444 e. The van der Waals surface area contributed by atoms with Crippen LogP contribution in [0.1, 0.15) is 35.7 Å². The Morgan fingerprint density at radius 1 is 1.19 bits per heavy atom. The van der Waals surface area contributed by atoms with Gasteiger partial charge >= 0.3 is 0 Å². The number of hydrogen-bond acceptors (Lipinski definition) is 6. The van der Waals surface area contributed by atoms with Gasteiger partial charge in [-0.1, -0.05) is 12.1 Å². The Kier molecular flexibility index (Phi) is 9.72. The van der Waals surface area contributed by atoms with Crippen LogP contribution in [0.4, 0.5) is 0 Å².